The molecule has 2 N–H and O–H groups in total. The first-order valence-corrected chi connectivity index (χ1v) is 5.45. The minimum absolute atomic E-state index is 0.0869. The molecule has 3 nitrogen and oxygen atoms in total. The van der Waals surface area contributed by atoms with Crippen molar-refractivity contribution in [2.24, 2.45) is 0 Å². The van der Waals surface area contributed by atoms with Crippen LogP contribution in [0.1, 0.15) is 5.56 Å². The van der Waals surface area contributed by atoms with Gasteiger partial charge in [-0.3, -0.25) is 0 Å². The third-order valence-corrected chi connectivity index (χ3v) is 2.35. The van der Waals surface area contributed by atoms with E-state index in [0.29, 0.717) is 19.7 Å². The molecule has 0 aliphatic carbocycles. The first-order valence-electron chi connectivity index (χ1n) is 5.45. The summed E-state index contributed by atoms with van der Waals surface area (Å²) in [6.07, 6.45) is -0.660. The number of hydrogen-bond donors (Lipinski definition) is 2. The zero-order chi connectivity index (χ0) is 12.7. The highest BCUT2D eigenvalue weighted by molar-refractivity contribution is 5.19. The van der Waals surface area contributed by atoms with Crippen LogP contribution in [0.4, 0.5) is 8.78 Å². The molecule has 1 unspecified atom stereocenters. The van der Waals surface area contributed by atoms with E-state index in [2.05, 4.69) is 5.32 Å². The zero-order valence-electron chi connectivity index (χ0n) is 9.75. The summed E-state index contributed by atoms with van der Waals surface area (Å²) in [5.74, 6) is -1.77. The number of hydrogen-bond acceptors (Lipinski definition) is 3. The number of halogens is 2. The first-order chi connectivity index (χ1) is 8.15. The van der Waals surface area contributed by atoms with E-state index >= 15 is 0 Å². The lowest BCUT2D eigenvalue weighted by atomic mass is 10.1. The molecule has 0 heterocycles. The van der Waals surface area contributed by atoms with Gasteiger partial charge in [0.2, 0.25) is 0 Å². The average Bonchev–Trinajstić information content (AvgIpc) is 2.31. The molecule has 0 bridgehead atoms. The highest BCUT2D eigenvalue weighted by atomic mass is 19.2. The molecule has 0 aromatic heterocycles. The summed E-state index contributed by atoms with van der Waals surface area (Å²) in [5.41, 5.74) is 0.186. The molecule has 0 radical (unpaired) electrons. The maximum absolute atomic E-state index is 13.3. The van der Waals surface area contributed by atoms with Crippen molar-refractivity contribution in [3.8, 4) is 0 Å². The van der Waals surface area contributed by atoms with E-state index in [1.807, 2.05) is 0 Å². The summed E-state index contributed by atoms with van der Waals surface area (Å²) in [7, 11) is 1.58. The fourth-order valence-corrected chi connectivity index (χ4v) is 1.48. The van der Waals surface area contributed by atoms with Gasteiger partial charge in [0.25, 0.3) is 0 Å². The SMILES string of the molecule is COCCNCC(O)Cc1cccc(F)c1F. The molecule has 5 heteroatoms. The molecule has 1 rings (SSSR count). The number of benzene rings is 1. The molecule has 0 aliphatic heterocycles. The topological polar surface area (TPSA) is 41.5 Å². The second kappa shape index (κ2) is 7.32. The van der Waals surface area contributed by atoms with Crippen molar-refractivity contribution < 1.29 is 18.6 Å². The van der Waals surface area contributed by atoms with Crippen LogP contribution in [-0.2, 0) is 11.2 Å². The minimum Gasteiger partial charge on any atom is -0.391 e. The van der Waals surface area contributed by atoms with Gasteiger partial charge < -0.3 is 15.2 Å². The molecule has 0 saturated heterocycles. The van der Waals surface area contributed by atoms with Gasteiger partial charge >= 0.3 is 0 Å². The summed E-state index contributed by atoms with van der Waals surface area (Å²) >= 11 is 0. The standard InChI is InChI=1S/C12H17F2NO2/c1-17-6-5-15-8-10(16)7-9-3-2-4-11(13)12(9)14/h2-4,10,15-16H,5-8H2,1H3. The molecule has 17 heavy (non-hydrogen) atoms. The molecule has 0 spiro atoms. The Morgan fingerprint density at radius 3 is 2.88 bits per heavy atom. The van der Waals surface area contributed by atoms with Crippen molar-refractivity contribution in [1.29, 1.82) is 0 Å². The highest BCUT2D eigenvalue weighted by Gasteiger charge is 2.11. The molecule has 1 aromatic carbocycles. The van der Waals surface area contributed by atoms with E-state index in [4.69, 9.17) is 4.74 Å². The molecule has 1 atom stereocenters. The number of nitrogens with one attached hydrogen (secondary N) is 1. The van der Waals surface area contributed by atoms with Crippen LogP contribution >= 0.6 is 0 Å². The maximum Gasteiger partial charge on any atom is 0.162 e. The van der Waals surface area contributed by atoms with Crippen molar-refractivity contribution >= 4 is 0 Å². The maximum atomic E-state index is 13.3. The smallest absolute Gasteiger partial charge is 0.162 e. The van der Waals surface area contributed by atoms with Crippen molar-refractivity contribution in [3.63, 3.8) is 0 Å². The summed E-state index contributed by atoms with van der Waals surface area (Å²) in [4.78, 5) is 0. The van der Waals surface area contributed by atoms with Gasteiger partial charge in [0.1, 0.15) is 0 Å². The fourth-order valence-electron chi connectivity index (χ4n) is 1.48. The Morgan fingerprint density at radius 1 is 1.41 bits per heavy atom. The average molecular weight is 245 g/mol. The van der Waals surface area contributed by atoms with Gasteiger partial charge in [-0.05, 0) is 11.6 Å². The van der Waals surface area contributed by atoms with Gasteiger partial charge in [0.05, 0.1) is 12.7 Å². The Hall–Kier alpha value is -1.04. The molecule has 1 aromatic rings. The molecule has 96 valence electrons. The summed E-state index contributed by atoms with van der Waals surface area (Å²) in [6, 6.07) is 3.96. The van der Waals surface area contributed by atoms with Gasteiger partial charge in [0, 0.05) is 26.6 Å². The first kappa shape index (κ1) is 14.0. The highest BCUT2D eigenvalue weighted by Crippen LogP contribution is 2.13. The van der Waals surface area contributed by atoms with Crippen LogP contribution in [0.3, 0.4) is 0 Å². The van der Waals surface area contributed by atoms with E-state index in [9.17, 15) is 13.9 Å². The normalized spacial score (nSPS) is 12.7. The lowest BCUT2D eigenvalue weighted by Gasteiger charge is -2.12. The summed E-state index contributed by atoms with van der Waals surface area (Å²) < 4.78 is 31.0. The van der Waals surface area contributed by atoms with E-state index in [1.165, 1.54) is 12.1 Å². The van der Waals surface area contributed by atoms with Crippen molar-refractivity contribution in [1.82, 2.24) is 5.32 Å². The number of rotatable bonds is 7. The van der Waals surface area contributed by atoms with Crippen molar-refractivity contribution in [2.75, 3.05) is 26.8 Å². The van der Waals surface area contributed by atoms with Crippen LogP contribution in [0.25, 0.3) is 0 Å². The lowest BCUT2D eigenvalue weighted by Crippen LogP contribution is -2.30. The van der Waals surface area contributed by atoms with Gasteiger partial charge in [0.15, 0.2) is 11.6 Å². The summed E-state index contributed by atoms with van der Waals surface area (Å²) in [6.45, 7) is 1.47. The minimum atomic E-state index is -0.887. The van der Waals surface area contributed by atoms with Gasteiger partial charge in [-0.15, -0.1) is 0 Å². The van der Waals surface area contributed by atoms with E-state index in [0.717, 1.165) is 6.07 Å². The van der Waals surface area contributed by atoms with Crippen LogP contribution in [0, 0.1) is 11.6 Å². The predicted octanol–water partition coefficient (Wildman–Crippen LogP) is 1.10. The summed E-state index contributed by atoms with van der Waals surface area (Å²) in [5, 5.41) is 12.6. The van der Waals surface area contributed by atoms with Crippen LogP contribution in [0.2, 0.25) is 0 Å². The fraction of sp³-hybridized carbons (Fsp3) is 0.500. The molecular formula is C12H17F2NO2. The Balaban J connectivity index is 2.39. The second-order valence-electron chi connectivity index (χ2n) is 3.77. The van der Waals surface area contributed by atoms with Crippen LogP contribution < -0.4 is 5.32 Å². The zero-order valence-corrected chi connectivity index (χ0v) is 9.75. The lowest BCUT2D eigenvalue weighted by molar-refractivity contribution is 0.159. The number of aliphatic hydroxyl groups excluding tert-OH is 1. The number of methoxy groups -OCH3 is 1. The van der Waals surface area contributed by atoms with Crippen molar-refractivity contribution in [3.05, 3.63) is 35.4 Å². The molecular weight excluding hydrogens is 228 g/mol. The van der Waals surface area contributed by atoms with E-state index in [1.54, 1.807) is 7.11 Å². The van der Waals surface area contributed by atoms with Crippen LogP contribution in [0.5, 0.6) is 0 Å². The monoisotopic (exact) mass is 245 g/mol. The van der Waals surface area contributed by atoms with Gasteiger partial charge in [-0.2, -0.15) is 0 Å². The Morgan fingerprint density at radius 2 is 2.18 bits per heavy atom. The van der Waals surface area contributed by atoms with Crippen LogP contribution in [-0.4, -0.2) is 38.0 Å². The van der Waals surface area contributed by atoms with Crippen LogP contribution in [0.15, 0.2) is 18.2 Å². The Labute approximate surface area is 99.4 Å². The van der Waals surface area contributed by atoms with Crippen molar-refractivity contribution in [2.45, 2.75) is 12.5 Å². The Bertz CT molecular complexity index is 347. The predicted molar refractivity (Wildman–Crippen MR) is 60.8 cm³/mol. The van der Waals surface area contributed by atoms with Gasteiger partial charge in [-0.1, -0.05) is 12.1 Å². The third-order valence-electron chi connectivity index (χ3n) is 2.35. The number of aliphatic hydroxyl groups is 1. The molecule has 0 saturated carbocycles. The molecule has 0 amide bonds. The second-order valence-corrected chi connectivity index (χ2v) is 3.77. The molecule has 0 aliphatic rings. The Kier molecular flexibility index (Phi) is 6.04. The van der Waals surface area contributed by atoms with Gasteiger partial charge in [-0.25, -0.2) is 8.78 Å². The molecule has 0 fully saturated rings. The third kappa shape index (κ3) is 4.77. The van der Waals surface area contributed by atoms with E-state index < -0.39 is 17.7 Å². The van der Waals surface area contributed by atoms with E-state index in [-0.39, 0.29) is 12.0 Å². The quantitative estimate of drug-likeness (QED) is 0.707. The largest absolute Gasteiger partial charge is 0.391 e. The number of ether oxygens (including phenoxy) is 1.